The average Bonchev–Trinajstić information content (AvgIpc) is 1.00. The molecule has 4 atom stereocenters. The Labute approximate surface area is 553 Å². The summed E-state index contributed by atoms with van der Waals surface area (Å²) in [6.07, 6.45) is 9.85. The zero-order valence-corrected chi connectivity index (χ0v) is 55.1. The van der Waals surface area contributed by atoms with E-state index in [9.17, 15) is 48.3 Å². The summed E-state index contributed by atoms with van der Waals surface area (Å²) in [6.45, 7) is 12.2. The van der Waals surface area contributed by atoms with Crippen LogP contribution in [0.5, 0.6) is 0 Å². The fourth-order valence-electron chi connectivity index (χ4n) is 15.8. The molecule has 2 aliphatic heterocycles. The van der Waals surface area contributed by atoms with Crippen molar-refractivity contribution in [1.29, 1.82) is 0 Å². The van der Waals surface area contributed by atoms with Gasteiger partial charge < -0.3 is 51.4 Å². The predicted octanol–water partition coefficient (Wildman–Crippen LogP) is 8.11. The summed E-state index contributed by atoms with van der Waals surface area (Å²) in [5.74, 6) is -4.18. The second-order valence-corrected chi connectivity index (χ2v) is 28.3. The van der Waals surface area contributed by atoms with Gasteiger partial charge in [0.2, 0.25) is 17.7 Å². The number of hydrogen-bond acceptors (Lipinski definition) is 16. The molecule has 0 radical (unpaired) electrons. The second kappa shape index (κ2) is 27.4. The number of benzene rings is 3. The van der Waals surface area contributed by atoms with Gasteiger partial charge in [-0.25, -0.2) is 24.4 Å². The van der Waals surface area contributed by atoms with E-state index >= 15 is 0 Å². The molecule has 95 heavy (non-hydrogen) atoms. The highest BCUT2D eigenvalue weighted by Crippen LogP contribution is 2.72. The van der Waals surface area contributed by atoms with Crippen LogP contribution in [0.15, 0.2) is 97.2 Å². The Hall–Kier alpha value is -9.56. The van der Waals surface area contributed by atoms with Crippen molar-refractivity contribution < 1.29 is 57.7 Å². The molecule has 3 unspecified atom stereocenters. The van der Waals surface area contributed by atoms with Crippen LogP contribution in [0.2, 0.25) is 0 Å². The molecule has 4 saturated carbocycles. The van der Waals surface area contributed by atoms with Gasteiger partial charge in [0.05, 0.1) is 28.6 Å². The number of anilines is 3. The quantitative estimate of drug-likeness (QED) is 0.0199. The van der Waals surface area contributed by atoms with Crippen molar-refractivity contribution in [3.63, 3.8) is 0 Å². The first kappa shape index (κ1) is 66.9. The lowest BCUT2D eigenvalue weighted by molar-refractivity contribution is -0.248. The van der Waals surface area contributed by atoms with Gasteiger partial charge in [0.1, 0.15) is 24.5 Å². The zero-order chi connectivity index (χ0) is 67.6. The van der Waals surface area contributed by atoms with E-state index in [0.29, 0.717) is 71.6 Å². The Morgan fingerprint density at radius 1 is 0.832 bits per heavy atom. The number of ether oxygens (including phenoxy) is 2. The van der Waals surface area contributed by atoms with E-state index in [1.54, 1.807) is 51.4 Å². The Balaban J connectivity index is 0.678. The minimum atomic E-state index is -1.16. The lowest BCUT2D eigenvalue weighted by atomic mass is 9.39. The number of hydrogen-bond donors (Lipinski definition) is 7. The summed E-state index contributed by atoms with van der Waals surface area (Å²) >= 11 is 1.41. The molecule has 8 N–H and O–H groups in total. The Morgan fingerprint density at radius 3 is 2.27 bits per heavy atom. The van der Waals surface area contributed by atoms with Crippen molar-refractivity contribution in [2.24, 2.45) is 27.9 Å². The smallest absolute Gasteiger partial charge is 0.409 e. The number of amides is 9. The number of imide groups is 1. The van der Waals surface area contributed by atoms with E-state index in [1.165, 1.54) is 16.2 Å². The van der Waals surface area contributed by atoms with Crippen molar-refractivity contribution in [1.82, 2.24) is 45.5 Å². The number of primary amides is 1. The summed E-state index contributed by atoms with van der Waals surface area (Å²) in [5.41, 5.74) is 10.9. The zero-order valence-electron chi connectivity index (χ0n) is 54.3. The van der Waals surface area contributed by atoms with Crippen LogP contribution < -0.4 is 37.2 Å². The molecule has 6 aromatic rings. The third-order valence-electron chi connectivity index (χ3n) is 19.0. The van der Waals surface area contributed by atoms with Gasteiger partial charge in [-0.2, -0.15) is 5.10 Å². The highest BCUT2D eigenvalue weighted by Gasteiger charge is 2.66. The maximum atomic E-state index is 13.8. The van der Waals surface area contributed by atoms with E-state index in [0.717, 1.165) is 82.6 Å². The molecule has 26 heteroatoms. The molecule has 4 bridgehead atoms. The Morgan fingerprint density at radius 2 is 1.57 bits per heavy atom. The van der Waals surface area contributed by atoms with Crippen LogP contribution in [0, 0.1) is 29.1 Å². The number of aromatic carboxylic acids is 1. The molecular formula is C69H81N13O12S. The topological polar surface area (TPSA) is 332 Å². The number of carbonyl (C=O) groups is 9. The van der Waals surface area contributed by atoms with E-state index in [4.69, 9.17) is 25.3 Å². The summed E-state index contributed by atoms with van der Waals surface area (Å²) in [7, 11) is 1.67. The van der Waals surface area contributed by atoms with Gasteiger partial charge in [0.25, 0.3) is 17.7 Å². The number of likely N-dealkylation sites (N-methyl/N-ethyl adjacent to an activating group) is 1. The fraction of sp³-hybridized carbons (Fsp3) is 0.449. The standard InChI is InChI=1S/C69H81N13O12S/c1-41(2)57(77-54(83)25-28-81-55(84)22-23-56(81)85)61(88)74-51(14-10-26-71-63(70)91)60(87)73-45-18-16-43(17-19-45)33-93-65(92)79(6)29-30-94-69-37-66(4)34-67(5,38-69)36-68(35-66,39-69)40-82-42(3)48(31-72-82)46-20-21-53(76-58(46)62(89)90)80-27-24-44-11-9-12-47(49(44)32-80)59(86)78-64-75-50-13-7-8-15-52(50)95-64/h7-9,11-13,15-23,31,41,51,57H,10,14,24-30,32-40H2,1-6H3,(H,73,87)(H,74,88)(H,77,83)(H,89,90)(H3,70,71,91)(H,75,78,86)/t51-,57?,66?,67?,68?,69?/m0/s1. The molecule has 0 saturated heterocycles. The Bertz CT molecular complexity index is 3960. The second-order valence-electron chi connectivity index (χ2n) is 27.3. The predicted molar refractivity (Wildman–Crippen MR) is 355 cm³/mol. The molecule has 9 amide bonds. The van der Waals surface area contributed by atoms with Gasteiger partial charge in [-0.1, -0.05) is 75.4 Å². The van der Waals surface area contributed by atoms with Gasteiger partial charge in [0.15, 0.2) is 10.8 Å². The number of nitrogens with zero attached hydrogens (tertiary/aromatic N) is 7. The van der Waals surface area contributed by atoms with Crippen molar-refractivity contribution in [3.8, 4) is 11.1 Å². The molecule has 4 aliphatic carbocycles. The largest absolute Gasteiger partial charge is 0.476 e. The molecule has 4 fully saturated rings. The SMILES string of the molecule is Cc1c(-c2ccc(N3CCc4cccc(C(=O)Nc5nc6ccccc6s5)c4C3)nc2C(=O)O)cnn1CC12CC3(C)CC(C)(C1)CC(OCCN(C)C(=O)OCc1ccc(NC(=O)[C@H](CCCNC(N)=O)NC(=O)C(NC(=O)CCN4C(=O)C=CC4=O)C(C)C)cc1)(C3)C2. The van der Waals surface area contributed by atoms with Crippen LogP contribution in [0.25, 0.3) is 21.3 Å². The molecule has 12 rings (SSSR count). The van der Waals surface area contributed by atoms with Crippen LogP contribution >= 0.6 is 11.3 Å². The van der Waals surface area contributed by atoms with Gasteiger partial charge in [-0.3, -0.25) is 43.7 Å². The van der Waals surface area contributed by atoms with Crippen molar-refractivity contribution in [2.45, 2.75) is 136 Å². The van der Waals surface area contributed by atoms with Gasteiger partial charge in [0, 0.05) is 93.0 Å². The number of thiazole rings is 1. The van der Waals surface area contributed by atoms with Crippen molar-refractivity contribution in [3.05, 3.63) is 131 Å². The highest BCUT2D eigenvalue weighted by molar-refractivity contribution is 7.22. The lowest BCUT2D eigenvalue weighted by Gasteiger charge is -2.69. The van der Waals surface area contributed by atoms with Crippen molar-refractivity contribution >= 4 is 91.7 Å². The first-order valence-electron chi connectivity index (χ1n) is 32.2. The number of aromatic nitrogens is 4. The maximum absolute atomic E-state index is 13.8. The summed E-state index contributed by atoms with van der Waals surface area (Å²) < 4.78 is 15.7. The summed E-state index contributed by atoms with van der Waals surface area (Å²) in [4.78, 5) is 130. The molecule has 3 aromatic carbocycles. The third kappa shape index (κ3) is 15.2. The number of nitrogens with two attached hydrogens (primary N) is 1. The van der Waals surface area contributed by atoms with Crippen LogP contribution in [-0.4, -0.2) is 146 Å². The summed E-state index contributed by atoms with van der Waals surface area (Å²) in [5, 5.41) is 29.8. The third-order valence-corrected chi connectivity index (χ3v) is 20.0. The number of fused-ring (bicyclic) bond motifs is 2. The number of carboxylic acid groups (broad SMARTS) is 1. The first-order valence-corrected chi connectivity index (χ1v) is 33.0. The number of rotatable bonds is 26. The monoisotopic (exact) mass is 1320 g/mol. The van der Waals surface area contributed by atoms with Crippen LogP contribution in [0.3, 0.4) is 0 Å². The average molecular weight is 1320 g/mol. The van der Waals surface area contributed by atoms with E-state index in [-0.39, 0.29) is 73.3 Å². The molecule has 5 heterocycles. The highest BCUT2D eigenvalue weighted by atomic mass is 32.1. The van der Waals surface area contributed by atoms with E-state index < -0.39 is 71.2 Å². The normalized spacial score (nSPS) is 21.5. The molecule has 500 valence electrons. The van der Waals surface area contributed by atoms with Crippen LogP contribution in [-0.2, 0) is 59.6 Å². The fourth-order valence-corrected chi connectivity index (χ4v) is 16.6. The molecule has 6 aliphatic rings. The van der Waals surface area contributed by atoms with Gasteiger partial charge in [-0.05, 0) is 146 Å². The minimum absolute atomic E-state index is 0.00504. The molecule has 0 spiro atoms. The number of carbonyl (C=O) groups excluding carboxylic acids is 8. The number of urea groups is 1. The minimum Gasteiger partial charge on any atom is -0.476 e. The number of nitrogens with one attached hydrogen (secondary N) is 5. The van der Waals surface area contributed by atoms with Crippen LogP contribution in [0.1, 0.15) is 129 Å². The van der Waals surface area contributed by atoms with E-state index in [2.05, 4.69) is 45.4 Å². The lowest BCUT2D eigenvalue weighted by Crippen LogP contribution is -2.64. The molecule has 25 nitrogen and oxygen atoms in total. The van der Waals surface area contributed by atoms with E-state index in [1.807, 2.05) is 71.1 Å². The summed E-state index contributed by atoms with van der Waals surface area (Å²) in [6, 6.07) is 20.9. The van der Waals surface area contributed by atoms with Crippen molar-refractivity contribution in [2.75, 3.05) is 55.4 Å². The molecular weight excluding hydrogens is 1230 g/mol. The number of carboxylic acids is 1. The maximum Gasteiger partial charge on any atom is 0.409 e. The van der Waals surface area contributed by atoms with Crippen LogP contribution in [0.4, 0.5) is 26.2 Å². The van der Waals surface area contributed by atoms with Gasteiger partial charge in [-0.15, -0.1) is 0 Å². The molecule has 3 aromatic heterocycles. The van der Waals surface area contributed by atoms with Gasteiger partial charge >= 0.3 is 18.1 Å². The number of para-hydroxylation sites is 1. The Kier molecular flexibility index (Phi) is 19.3. The number of pyridine rings is 1. The first-order chi connectivity index (χ1) is 45.3.